The summed E-state index contributed by atoms with van der Waals surface area (Å²) in [4.78, 5) is 12.8. The number of aliphatic hydroxyl groups is 1. The molecule has 0 spiro atoms. The van der Waals surface area contributed by atoms with Gasteiger partial charge in [0.1, 0.15) is 12.1 Å². The van der Waals surface area contributed by atoms with Crippen LogP contribution in [0.5, 0.6) is 5.75 Å². The van der Waals surface area contributed by atoms with Gasteiger partial charge in [0.15, 0.2) is 5.16 Å². The first kappa shape index (κ1) is 23.7. The SMILES string of the molecule is COc1ccc(-c2ccc(S(=O)(=O)C(N)(CC(O)CSc3ncn[nH]3)C(=O)O)cc2)cc1. The van der Waals surface area contributed by atoms with Gasteiger partial charge in [-0.25, -0.2) is 18.2 Å². The molecule has 2 aromatic carbocycles. The van der Waals surface area contributed by atoms with Crippen LogP contribution in [0.3, 0.4) is 0 Å². The molecule has 3 rings (SSSR count). The summed E-state index contributed by atoms with van der Waals surface area (Å²) in [5, 5.41) is 26.6. The predicted octanol–water partition coefficient (Wildman–Crippen LogP) is 1.54. The number of aromatic nitrogens is 3. The number of nitrogens with zero attached hydrogens (tertiary/aromatic N) is 2. The Morgan fingerprint density at radius 3 is 2.28 bits per heavy atom. The third kappa shape index (κ3) is 4.93. The summed E-state index contributed by atoms with van der Waals surface area (Å²) in [5.41, 5.74) is 7.43. The zero-order chi connectivity index (χ0) is 23.4. The smallest absolute Gasteiger partial charge is 0.340 e. The van der Waals surface area contributed by atoms with Gasteiger partial charge < -0.3 is 20.7 Å². The van der Waals surface area contributed by atoms with Gasteiger partial charge in [-0.1, -0.05) is 36.0 Å². The second kappa shape index (κ2) is 9.69. The van der Waals surface area contributed by atoms with Crippen LogP contribution >= 0.6 is 11.8 Å². The van der Waals surface area contributed by atoms with Gasteiger partial charge in [0.05, 0.1) is 18.1 Å². The van der Waals surface area contributed by atoms with E-state index in [0.29, 0.717) is 10.9 Å². The molecule has 10 nitrogen and oxygen atoms in total. The number of carboxylic acids is 1. The van der Waals surface area contributed by atoms with Crippen molar-refractivity contribution in [1.82, 2.24) is 15.2 Å². The number of aliphatic carboxylic acids is 1. The Labute approximate surface area is 188 Å². The molecule has 2 unspecified atom stereocenters. The first-order valence-corrected chi connectivity index (χ1v) is 11.8. The molecule has 0 bridgehead atoms. The third-order valence-electron chi connectivity index (χ3n) is 4.77. The highest BCUT2D eigenvalue weighted by atomic mass is 32.2. The van der Waals surface area contributed by atoms with Gasteiger partial charge in [0, 0.05) is 12.2 Å². The van der Waals surface area contributed by atoms with E-state index >= 15 is 0 Å². The second-order valence-electron chi connectivity index (χ2n) is 6.91. The maximum absolute atomic E-state index is 13.1. The maximum Gasteiger partial charge on any atom is 0.340 e. The predicted molar refractivity (Wildman–Crippen MR) is 118 cm³/mol. The number of thioether (sulfide) groups is 1. The number of aliphatic hydroxyl groups excluding tert-OH is 1. The Morgan fingerprint density at radius 1 is 1.19 bits per heavy atom. The van der Waals surface area contributed by atoms with E-state index in [1.165, 1.54) is 18.5 Å². The van der Waals surface area contributed by atoms with Gasteiger partial charge >= 0.3 is 5.97 Å². The normalized spacial score (nSPS) is 14.5. The molecule has 5 N–H and O–H groups in total. The van der Waals surface area contributed by atoms with Crippen LogP contribution in [0.2, 0.25) is 0 Å². The number of hydrogen-bond acceptors (Lipinski definition) is 9. The van der Waals surface area contributed by atoms with Crippen LogP contribution < -0.4 is 10.5 Å². The molecule has 2 atom stereocenters. The molecule has 3 aromatic rings. The average molecular weight is 479 g/mol. The standard InChI is InChI=1S/C20H22N4O6S2/c1-30-16-6-2-13(3-7-16)14-4-8-17(9-5-14)32(28,29)20(21,18(26)27)10-15(25)11-31-19-22-12-23-24-19/h2-9,12,15,25H,10-11,21H2,1H3,(H,26,27)(H,22,23,24). The van der Waals surface area contributed by atoms with Gasteiger partial charge in [-0.2, -0.15) is 5.10 Å². The van der Waals surface area contributed by atoms with Crippen LogP contribution in [0, 0.1) is 0 Å². The molecule has 0 radical (unpaired) electrons. The lowest BCUT2D eigenvalue weighted by Gasteiger charge is -2.27. The zero-order valence-electron chi connectivity index (χ0n) is 17.0. The molecule has 1 aromatic heterocycles. The number of ether oxygens (including phenoxy) is 1. The van der Waals surface area contributed by atoms with Crippen LogP contribution in [0.1, 0.15) is 6.42 Å². The number of carboxylic acid groups (broad SMARTS) is 1. The minimum Gasteiger partial charge on any atom is -0.497 e. The summed E-state index contributed by atoms with van der Waals surface area (Å²) in [6, 6.07) is 12.9. The Hall–Kier alpha value is -2.93. The molecule has 1 heterocycles. The number of sulfone groups is 1. The molecular weight excluding hydrogens is 456 g/mol. The topological polar surface area (TPSA) is 168 Å². The summed E-state index contributed by atoms with van der Waals surface area (Å²) < 4.78 is 31.4. The Morgan fingerprint density at radius 2 is 1.78 bits per heavy atom. The fraction of sp³-hybridized carbons (Fsp3) is 0.250. The second-order valence-corrected chi connectivity index (χ2v) is 10.1. The van der Waals surface area contributed by atoms with E-state index in [0.717, 1.165) is 22.9 Å². The first-order valence-electron chi connectivity index (χ1n) is 9.35. The Balaban J connectivity index is 1.80. The van der Waals surface area contributed by atoms with Crippen molar-refractivity contribution < 1.29 is 28.2 Å². The molecular formula is C20H22N4O6S2. The van der Waals surface area contributed by atoms with E-state index < -0.39 is 33.2 Å². The highest BCUT2D eigenvalue weighted by Gasteiger charge is 2.49. The first-order chi connectivity index (χ1) is 15.2. The molecule has 0 aliphatic heterocycles. The van der Waals surface area contributed by atoms with Gasteiger partial charge in [-0.15, -0.1) is 0 Å². The van der Waals surface area contributed by atoms with E-state index in [-0.39, 0.29) is 10.6 Å². The fourth-order valence-electron chi connectivity index (χ4n) is 2.98. The number of aromatic amines is 1. The molecule has 0 fully saturated rings. The van der Waals surface area contributed by atoms with Crippen molar-refractivity contribution in [1.29, 1.82) is 0 Å². The summed E-state index contributed by atoms with van der Waals surface area (Å²) in [7, 11) is -2.97. The summed E-state index contributed by atoms with van der Waals surface area (Å²) in [6.07, 6.45) is -0.745. The molecule has 0 saturated carbocycles. The van der Waals surface area contributed by atoms with E-state index in [1.54, 1.807) is 31.4 Å². The van der Waals surface area contributed by atoms with Crippen LogP contribution in [0.25, 0.3) is 11.1 Å². The number of benzene rings is 2. The summed E-state index contributed by atoms with van der Waals surface area (Å²) in [6.45, 7) is 0. The number of nitrogens with one attached hydrogen (secondary N) is 1. The molecule has 0 amide bonds. The zero-order valence-corrected chi connectivity index (χ0v) is 18.6. The van der Waals surface area contributed by atoms with Crippen LogP contribution in [0.15, 0.2) is 64.9 Å². The third-order valence-corrected chi connectivity index (χ3v) is 7.99. The number of nitrogens with two attached hydrogens (primary N) is 1. The molecule has 0 saturated heterocycles. The number of rotatable bonds is 10. The highest BCUT2D eigenvalue weighted by molar-refractivity contribution is 7.99. The fourth-order valence-corrected chi connectivity index (χ4v) is 5.24. The number of methoxy groups -OCH3 is 1. The van der Waals surface area contributed by atoms with Gasteiger partial charge in [0.2, 0.25) is 14.7 Å². The quantitative estimate of drug-likeness (QED) is 0.314. The van der Waals surface area contributed by atoms with Crippen molar-refractivity contribution in [2.24, 2.45) is 5.73 Å². The largest absolute Gasteiger partial charge is 0.497 e. The average Bonchev–Trinajstić information content (AvgIpc) is 3.31. The minimum atomic E-state index is -4.52. The van der Waals surface area contributed by atoms with E-state index in [2.05, 4.69) is 15.2 Å². The summed E-state index contributed by atoms with van der Waals surface area (Å²) >= 11 is 1.06. The maximum atomic E-state index is 13.1. The number of H-pyrrole nitrogens is 1. The van der Waals surface area contributed by atoms with Crippen LogP contribution in [-0.4, -0.2) is 63.6 Å². The van der Waals surface area contributed by atoms with Crippen LogP contribution in [-0.2, 0) is 14.6 Å². The van der Waals surface area contributed by atoms with Crippen molar-refractivity contribution in [2.75, 3.05) is 12.9 Å². The lowest BCUT2D eigenvalue weighted by Crippen LogP contribution is -2.56. The number of hydrogen-bond donors (Lipinski definition) is 4. The lowest BCUT2D eigenvalue weighted by molar-refractivity contribution is -0.140. The van der Waals surface area contributed by atoms with Crippen molar-refractivity contribution >= 4 is 27.6 Å². The van der Waals surface area contributed by atoms with Gasteiger partial charge in [-0.05, 0) is 35.4 Å². The van der Waals surface area contributed by atoms with Crippen molar-refractivity contribution in [3.8, 4) is 16.9 Å². The van der Waals surface area contributed by atoms with Gasteiger partial charge in [-0.3, -0.25) is 5.10 Å². The Bertz CT molecular complexity index is 1150. The Kier molecular flexibility index (Phi) is 7.19. The van der Waals surface area contributed by atoms with Crippen molar-refractivity contribution in [3.63, 3.8) is 0 Å². The molecule has 0 aliphatic carbocycles. The highest BCUT2D eigenvalue weighted by Crippen LogP contribution is 2.30. The number of carbonyl (C=O) groups is 1. The van der Waals surface area contributed by atoms with E-state index in [1.807, 2.05) is 12.1 Å². The van der Waals surface area contributed by atoms with Crippen LogP contribution in [0.4, 0.5) is 0 Å². The minimum absolute atomic E-state index is 0.0205. The monoisotopic (exact) mass is 478 g/mol. The molecule has 0 aliphatic rings. The summed E-state index contributed by atoms with van der Waals surface area (Å²) in [5.74, 6) is -1.09. The van der Waals surface area contributed by atoms with Gasteiger partial charge in [0.25, 0.3) is 0 Å². The molecule has 12 heteroatoms. The van der Waals surface area contributed by atoms with E-state index in [9.17, 15) is 23.4 Å². The molecule has 170 valence electrons. The van der Waals surface area contributed by atoms with Crippen molar-refractivity contribution in [3.05, 3.63) is 54.9 Å². The van der Waals surface area contributed by atoms with Crippen molar-refractivity contribution in [2.45, 2.75) is 27.4 Å². The van der Waals surface area contributed by atoms with E-state index in [4.69, 9.17) is 10.5 Å². The lowest BCUT2D eigenvalue weighted by atomic mass is 10.1. The molecule has 32 heavy (non-hydrogen) atoms.